The van der Waals surface area contributed by atoms with E-state index in [1.54, 1.807) is 23.0 Å². The SMILES string of the molecule is Fc1cccc(Br)c1-c1nncn1-c1ccccc1. The lowest BCUT2D eigenvalue weighted by Gasteiger charge is -2.08. The van der Waals surface area contributed by atoms with Crippen molar-refractivity contribution in [3.05, 3.63) is 65.1 Å². The van der Waals surface area contributed by atoms with Crippen LogP contribution in [0.5, 0.6) is 0 Å². The van der Waals surface area contributed by atoms with Crippen LogP contribution >= 0.6 is 15.9 Å². The van der Waals surface area contributed by atoms with E-state index in [4.69, 9.17) is 0 Å². The Morgan fingerprint density at radius 2 is 1.79 bits per heavy atom. The number of para-hydroxylation sites is 1. The van der Waals surface area contributed by atoms with E-state index < -0.39 is 0 Å². The summed E-state index contributed by atoms with van der Waals surface area (Å²) in [7, 11) is 0. The number of halogens is 2. The van der Waals surface area contributed by atoms with E-state index in [0.29, 0.717) is 15.9 Å². The van der Waals surface area contributed by atoms with Gasteiger partial charge in [0.15, 0.2) is 5.82 Å². The quantitative estimate of drug-likeness (QED) is 0.719. The molecular weight excluding hydrogens is 309 g/mol. The minimum Gasteiger partial charge on any atom is -0.282 e. The third-order valence-corrected chi connectivity index (χ3v) is 3.43. The second-order valence-electron chi connectivity index (χ2n) is 3.96. The van der Waals surface area contributed by atoms with Crippen LogP contribution < -0.4 is 0 Å². The van der Waals surface area contributed by atoms with Gasteiger partial charge in [0.1, 0.15) is 12.1 Å². The summed E-state index contributed by atoms with van der Waals surface area (Å²) < 4.78 is 16.4. The van der Waals surface area contributed by atoms with Crippen LogP contribution in [0.15, 0.2) is 59.3 Å². The fourth-order valence-electron chi connectivity index (χ4n) is 1.89. The van der Waals surface area contributed by atoms with Crippen molar-refractivity contribution in [2.24, 2.45) is 0 Å². The predicted octanol–water partition coefficient (Wildman–Crippen LogP) is 3.84. The molecule has 2 aromatic carbocycles. The maximum absolute atomic E-state index is 14.0. The van der Waals surface area contributed by atoms with Gasteiger partial charge in [-0.3, -0.25) is 4.57 Å². The zero-order chi connectivity index (χ0) is 13.2. The molecule has 1 heterocycles. The average molecular weight is 318 g/mol. The molecule has 3 nitrogen and oxygen atoms in total. The molecule has 94 valence electrons. The van der Waals surface area contributed by atoms with Gasteiger partial charge in [0.05, 0.1) is 5.56 Å². The normalized spacial score (nSPS) is 10.6. The van der Waals surface area contributed by atoms with Gasteiger partial charge in [-0.1, -0.05) is 24.3 Å². The highest BCUT2D eigenvalue weighted by Gasteiger charge is 2.16. The van der Waals surface area contributed by atoms with Crippen LogP contribution in [0.2, 0.25) is 0 Å². The molecule has 0 bridgehead atoms. The molecule has 19 heavy (non-hydrogen) atoms. The third kappa shape index (κ3) is 2.17. The van der Waals surface area contributed by atoms with Crippen molar-refractivity contribution in [2.45, 2.75) is 0 Å². The number of benzene rings is 2. The zero-order valence-corrected chi connectivity index (χ0v) is 11.4. The fourth-order valence-corrected chi connectivity index (χ4v) is 2.41. The second-order valence-corrected chi connectivity index (χ2v) is 4.81. The molecule has 5 heteroatoms. The van der Waals surface area contributed by atoms with Crippen molar-refractivity contribution >= 4 is 15.9 Å². The first-order chi connectivity index (χ1) is 9.27. The Morgan fingerprint density at radius 3 is 2.53 bits per heavy atom. The molecule has 0 radical (unpaired) electrons. The number of rotatable bonds is 2. The van der Waals surface area contributed by atoms with E-state index in [-0.39, 0.29) is 5.82 Å². The van der Waals surface area contributed by atoms with Crippen molar-refractivity contribution in [3.63, 3.8) is 0 Å². The van der Waals surface area contributed by atoms with Gasteiger partial charge in [-0.05, 0) is 40.2 Å². The van der Waals surface area contributed by atoms with Crippen LogP contribution in [0.4, 0.5) is 4.39 Å². The van der Waals surface area contributed by atoms with Gasteiger partial charge < -0.3 is 0 Å². The summed E-state index contributed by atoms with van der Waals surface area (Å²) in [6, 6.07) is 14.4. The summed E-state index contributed by atoms with van der Waals surface area (Å²) >= 11 is 3.35. The molecule has 0 fully saturated rings. The molecule has 0 aliphatic carbocycles. The molecule has 0 saturated carbocycles. The van der Waals surface area contributed by atoms with Gasteiger partial charge in [-0.2, -0.15) is 0 Å². The molecule has 1 aromatic heterocycles. The molecule has 3 aromatic rings. The van der Waals surface area contributed by atoms with Crippen LogP contribution in [0.3, 0.4) is 0 Å². The molecule has 0 atom stereocenters. The van der Waals surface area contributed by atoms with Gasteiger partial charge in [0, 0.05) is 10.2 Å². The lowest BCUT2D eigenvalue weighted by molar-refractivity contribution is 0.628. The maximum Gasteiger partial charge on any atom is 0.172 e. The smallest absolute Gasteiger partial charge is 0.172 e. The van der Waals surface area contributed by atoms with Crippen LogP contribution in [0.25, 0.3) is 17.1 Å². The summed E-state index contributed by atoms with van der Waals surface area (Å²) in [6.07, 6.45) is 1.57. The highest BCUT2D eigenvalue weighted by molar-refractivity contribution is 9.10. The average Bonchev–Trinajstić information content (AvgIpc) is 2.89. The van der Waals surface area contributed by atoms with Crippen molar-refractivity contribution in [2.75, 3.05) is 0 Å². The molecule has 0 aliphatic heterocycles. The van der Waals surface area contributed by atoms with Gasteiger partial charge in [0.2, 0.25) is 0 Å². The molecule has 0 amide bonds. The number of aromatic nitrogens is 3. The van der Waals surface area contributed by atoms with Gasteiger partial charge >= 0.3 is 0 Å². The first-order valence-corrected chi connectivity index (χ1v) is 6.46. The summed E-state index contributed by atoms with van der Waals surface area (Å²) in [5.41, 5.74) is 1.29. The number of hydrogen-bond acceptors (Lipinski definition) is 2. The van der Waals surface area contributed by atoms with Crippen molar-refractivity contribution in [1.29, 1.82) is 0 Å². The molecule has 0 spiro atoms. The minimum absolute atomic E-state index is 0.334. The monoisotopic (exact) mass is 317 g/mol. The highest BCUT2D eigenvalue weighted by atomic mass is 79.9. The molecule has 0 unspecified atom stereocenters. The lowest BCUT2D eigenvalue weighted by atomic mass is 10.2. The highest BCUT2D eigenvalue weighted by Crippen LogP contribution is 2.30. The van der Waals surface area contributed by atoms with E-state index in [0.717, 1.165) is 5.69 Å². The second kappa shape index (κ2) is 4.93. The van der Waals surface area contributed by atoms with Crippen molar-refractivity contribution < 1.29 is 4.39 Å². The topological polar surface area (TPSA) is 30.7 Å². The zero-order valence-electron chi connectivity index (χ0n) is 9.79. The summed E-state index contributed by atoms with van der Waals surface area (Å²) in [4.78, 5) is 0. The van der Waals surface area contributed by atoms with Crippen LogP contribution in [-0.4, -0.2) is 14.8 Å². The first-order valence-electron chi connectivity index (χ1n) is 5.67. The Bertz CT molecular complexity index is 689. The maximum atomic E-state index is 14.0. The standard InChI is InChI=1S/C14H9BrFN3/c15-11-7-4-8-12(16)13(11)14-18-17-9-19(14)10-5-2-1-3-6-10/h1-9H. The Labute approximate surface area is 117 Å². The Hall–Kier alpha value is -2.01. The summed E-state index contributed by atoms with van der Waals surface area (Å²) in [6.45, 7) is 0. The van der Waals surface area contributed by atoms with Gasteiger partial charge in [0.25, 0.3) is 0 Å². The predicted molar refractivity (Wildman–Crippen MR) is 74.5 cm³/mol. The van der Waals surface area contributed by atoms with Crippen LogP contribution in [-0.2, 0) is 0 Å². The van der Waals surface area contributed by atoms with Gasteiger partial charge in [-0.25, -0.2) is 4.39 Å². The molecule has 0 N–H and O–H groups in total. The largest absolute Gasteiger partial charge is 0.282 e. The van der Waals surface area contributed by atoms with Gasteiger partial charge in [-0.15, -0.1) is 10.2 Å². The lowest BCUT2D eigenvalue weighted by Crippen LogP contribution is -1.98. The van der Waals surface area contributed by atoms with Crippen LogP contribution in [0, 0.1) is 5.82 Å². The number of hydrogen-bond donors (Lipinski definition) is 0. The van der Waals surface area contributed by atoms with E-state index in [1.807, 2.05) is 30.3 Å². The summed E-state index contributed by atoms with van der Waals surface area (Å²) in [5, 5.41) is 7.91. The Balaban J connectivity index is 2.21. The van der Waals surface area contributed by atoms with Crippen molar-refractivity contribution in [1.82, 2.24) is 14.8 Å². The Kier molecular flexibility index (Phi) is 3.13. The number of nitrogens with zero attached hydrogens (tertiary/aromatic N) is 3. The van der Waals surface area contributed by atoms with Crippen LogP contribution in [0.1, 0.15) is 0 Å². The third-order valence-electron chi connectivity index (χ3n) is 2.77. The van der Waals surface area contributed by atoms with E-state index >= 15 is 0 Å². The molecule has 3 rings (SSSR count). The van der Waals surface area contributed by atoms with Crippen molar-refractivity contribution in [3.8, 4) is 17.1 Å². The van der Waals surface area contributed by atoms with E-state index in [9.17, 15) is 4.39 Å². The molecule has 0 aliphatic rings. The Morgan fingerprint density at radius 1 is 1.00 bits per heavy atom. The van der Waals surface area contributed by atoms with E-state index in [2.05, 4.69) is 26.1 Å². The fraction of sp³-hybridized carbons (Fsp3) is 0. The summed E-state index contributed by atoms with van der Waals surface area (Å²) in [5.74, 6) is 0.135. The molecular formula is C14H9BrFN3. The molecule has 0 saturated heterocycles. The van der Waals surface area contributed by atoms with E-state index in [1.165, 1.54) is 6.07 Å². The minimum atomic E-state index is -0.334. The first kappa shape index (κ1) is 12.0.